The Hall–Kier alpha value is -3.40. The van der Waals surface area contributed by atoms with Crippen molar-refractivity contribution in [2.45, 2.75) is 24.9 Å². The van der Waals surface area contributed by atoms with Gasteiger partial charge in [0.1, 0.15) is 11.8 Å². The van der Waals surface area contributed by atoms with Gasteiger partial charge in [-0.1, -0.05) is 12.1 Å². The fraction of sp³-hybridized carbons (Fsp3) is 0.294. The number of nitrogens with one attached hydrogen (secondary N) is 3. The Bertz CT molecular complexity index is 776. The number of carboxylic acid groups (broad SMARTS) is 1. The summed E-state index contributed by atoms with van der Waals surface area (Å²) in [4.78, 5) is 41.7. The molecule has 10 nitrogen and oxygen atoms in total. The molecule has 2 aromatic rings. The van der Waals surface area contributed by atoms with Gasteiger partial charge in [0.05, 0.1) is 18.9 Å². The lowest BCUT2D eigenvalue weighted by molar-refractivity contribution is -0.141. The average molecular weight is 375 g/mol. The van der Waals surface area contributed by atoms with E-state index in [2.05, 4.69) is 20.6 Å². The molecule has 10 heteroatoms. The van der Waals surface area contributed by atoms with E-state index < -0.39 is 36.4 Å². The lowest BCUT2D eigenvalue weighted by Crippen LogP contribution is -2.49. The summed E-state index contributed by atoms with van der Waals surface area (Å²) in [5.41, 5.74) is 7.11. The van der Waals surface area contributed by atoms with E-state index in [1.165, 1.54) is 24.7 Å². The monoisotopic (exact) mass is 375 g/mol. The first-order valence-corrected chi connectivity index (χ1v) is 8.15. The fourth-order valence-corrected chi connectivity index (χ4v) is 2.34. The lowest BCUT2D eigenvalue weighted by atomic mass is 10.1. The second kappa shape index (κ2) is 9.34. The highest BCUT2D eigenvalue weighted by Crippen LogP contribution is 2.10. The number of amides is 2. The van der Waals surface area contributed by atoms with Gasteiger partial charge in [0.15, 0.2) is 0 Å². The number of carbonyl (C=O) groups excluding carboxylic acids is 2. The number of H-pyrrole nitrogens is 1. The summed E-state index contributed by atoms with van der Waals surface area (Å²) in [6, 6.07) is 4.21. The molecule has 0 spiro atoms. The van der Waals surface area contributed by atoms with Crippen molar-refractivity contribution < 1.29 is 24.6 Å². The van der Waals surface area contributed by atoms with Gasteiger partial charge in [-0.15, -0.1) is 0 Å². The number of phenolic OH excluding ortho intramolecular Hbond substituents is 1. The summed E-state index contributed by atoms with van der Waals surface area (Å²) >= 11 is 0. The molecule has 2 rings (SSSR count). The van der Waals surface area contributed by atoms with Crippen LogP contribution in [-0.4, -0.2) is 56.6 Å². The van der Waals surface area contributed by atoms with Gasteiger partial charge >= 0.3 is 5.97 Å². The smallest absolute Gasteiger partial charge is 0.326 e. The van der Waals surface area contributed by atoms with Crippen LogP contribution in [0.15, 0.2) is 36.8 Å². The molecular formula is C17H21N5O5. The second-order valence-electron chi connectivity index (χ2n) is 5.93. The third-order valence-electron chi connectivity index (χ3n) is 3.76. The highest BCUT2D eigenvalue weighted by Gasteiger charge is 2.22. The lowest BCUT2D eigenvalue weighted by Gasteiger charge is -2.15. The number of aliphatic carboxylic acids is 1. The minimum absolute atomic E-state index is 0.0371. The van der Waals surface area contributed by atoms with E-state index in [4.69, 9.17) is 5.73 Å². The summed E-state index contributed by atoms with van der Waals surface area (Å²) in [5.74, 6) is -2.28. The van der Waals surface area contributed by atoms with E-state index in [0.717, 1.165) is 5.56 Å². The minimum atomic E-state index is -1.20. The predicted octanol–water partition coefficient (Wildman–Crippen LogP) is -1.09. The van der Waals surface area contributed by atoms with Gasteiger partial charge in [0, 0.05) is 18.3 Å². The van der Waals surface area contributed by atoms with Crippen LogP contribution in [0.3, 0.4) is 0 Å². The number of carbonyl (C=O) groups is 3. The van der Waals surface area contributed by atoms with Crippen LogP contribution in [0.25, 0.3) is 0 Å². The quantitative estimate of drug-likeness (QED) is 0.323. The first kappa shape index (κ1) is 19.9. The van der Waals surface area contributed by atoms with Gasteiger partial charge < -0.3 is 31.6 Å². The maximum absolute atomic E-state index is 12.0. The van der Waals surface area contributed by atoms with Crippen molar-refractivity contribution in [2.75, 3.05) is 6.54 Å². The number of imidazole rings is 1. The molecule has 0 bridgehead atoms. The molecule has 144 valence electrons. The Kier molecular flexibility index (Phi) is 6.89. The van der Waals surface area contributed by atoms with Crippen molar-refractivity contribution >= 4 is 17.8 Å². The summed E-state index contributed by atoms with van der Waals surface area (Å²) in [6.07, 6.45) is 3.14. The molecule has 27 heavy (non-hydrogen) atoms. The molecule has 0 aliphatic rings. The van der Waals surface area contributed by atoms with Gasteiger partial charge in [0.2, 0.25) is 11.8 Å². The molecule has 0 saturated carbocycles. The Labute approximate surface area is 154 Å². The number of carboxylic acids is 1. The number of hydrogen-bond donors (Lipinski definition) is 6. The molecule has 0 saturated heterocycles. The summed E-state index contributed by atoms with van der Waals surface area (Å²) < 4.78 is 0. The third kappa shape index (κ3) is 6.44. The van der Waals surface area contributed by atoms with Crippen LogP contribution in [-0.2, 0) is 27.2 Å². The van der Waals surface area contributed by atoms with E-state index in [-0.39, 0.29) is 18.6 Å². The predicted molar refractivity (Wildman–Crippen MR) is 94.7 cm³/mol. The molecule has 1 aromatic heterocycles. The van der Waals surface area contributed by atoms with Crippen LogP contribution in [0.1, 0.15) is 11.3 Å². The first-order chi connectivity index (χ1) is 12.8. The summed E-state index contributed by atoms with van der Waals surface area (Å²) in [7, 11) is 0. The Morgan fingerprint density at radius 3 is 2.48 bits per heavy atom. The molecule has 1 aromatic carbocycles. The molecule has 0 fully saturated rings. The van der Waals surface area contributed by atoms with Gasteiger partial charge in [0.25, 0.3) is 0 Å². The van der Waals surface area contributed by atoms with Gasteiger partial charge in [-0.2, -0.15) is 0 Å². The zero-order valence-electron chi connectivity index (χ0n) is 14.4. The Balaban J connectivity index is 1.79. The molecule has 0 aliphatic heterocycles. The van der Waals surface area contributed by atoms with Crippen molar-refractivity contribution in [3.8, 4) is 5.75 Å². The van der Waals surface area contributed by atoms with Crippen LogP contribution in [0, 0.1) is 0 Å². The number of rotatable bonds is 9. The maximum atomic E-state index is 12.0. The van der Waals surface area contributed by atoms with Crippen LogP contribution in [0.2, 0.25) is 0 Å². The molecule has 0 aliphatic carbocycles. The molecule has 7 N–H and O–H groups in total. The first-order valence-electron chi connectivity index (χ1n) is 8.15. The van der Waals surface area contributed by atoms with E-state index >= 15 is 0 Å². The van der Waals surface area contributed by atoms with E-state index in [9.17, 15) is 24.6 Å². The molecule has 0 unspecified atom stereocenters. The third-order valence-corrected chi connectivity index (χ3v) is 3.76. The fourth-order valence-electron chi connectivity index (χ4n) is 2.34. The van der Waals surface area contributed by atoms with Crippen molar-refractivity contribution in [1.29, 1.82) is 0 Å². The average Bonchev–Trinajstić information content (AvgIpc) is 3.14. The van der Waals surface area contributed by atoms with Gasteiger partial charge in [-0.25, -0.2) is 9.78 Å². The highest BCUT2D eigenvalue weighted by atomic mass is 16.4. The number of nitrogens with two attached hydrogens (primary N) is 1. The minimum Gasteiger partial charge on any atom is -0.508 e. The van der Waals surface area contributed by atoms with Crippen molar-refractivity contribution in [1.82, 2.24) is 20.6 Å². The van der Waals surface area contributed by atoms with Crippen molar-refractivity contribution in [2.24, 2.45) is 5.73 Å². The molecule has 1 heterocycles. The van der Waals surface area contributed by atoms with E-state index in [1.54, 1.807) is 12.1 Å². The molecule has 2 atom stereocenters. The van der Waals surface area contributed by atoms with Crippen LogP contribution in [0.5, 0.6) is 5.75 Å². The summed E-state index contributed by atoms with van der Waals surface area (Å²) in [5, 5.41) is 23.1. The maximum Gasteiger partial charge on any atom is 0.326 e. The number of hydrogen-bond acceptors (Lipinski definition) is 6. The van der Waals surface area contributed by atoms with Crippen molar-refractivity contribution in [3.05, 3.63) is 48.0 Å². The zero-order valence-corrected chi connectivity index (χ0v) is 14.4. The zero-order chi connectivity index (χ0) is 19.8. The van der Waals surface area contributed by atoms with Gasteiger partial charge in [-0.3, -0.25) is 9.59 Å². The molecular weight excluding hydrogens is 354 g/mol. The number of aromatic amines is 1. The van der Waals surface area contributed by atoms with E-state index in [1.807, 2.05) is 0 Å². The van der Waals surface area contributed by atoms with Crippen LogP contribution in [0.4, 0.5) is 0 Å². The number of phenols is 1. The topological polar surface area (TPSA) is 170 Å². The number of nitrogens with zero attached hydrogens (tertiary/aromatic N) is 1. The SMILES string of the molecule is N[C@@H](Cc1ccc(O)cc1)C(=O)NCC(=O)N[C@@H](Cc1cnc[nH]1)C(=O)O. The van der Waals surface area contributed by atoms with E-state index in [0.29, 0.717) is 5.69 Å². The second-order valence-corrected chi connectivity index (χ2v) is 5.93. The Morgan fingerprint density at radius 1 is 1.19 bits per heavy atom. The van der Waals surface area contributed by atoms with Crippen LogP contribution >= 0.6 is 0 Å². The number of benzene rings is 1. The van der Waals surface area contributed by atoms with Crippen molar-refractivity contribution in [3.63, 3.8) is 0 Å². The summed E-state index contributed by atoms with van der Waals surface area (Å²) in [6.45, 7) is -0.394. The molecule has 0 radical (unpaired) electrons. The number of aromatic hydroxyl groups is 1. The normalized spacial score (nSPS) is 12.8. The standard InChI is InChI=1S/C17H21N5O5/c18-13(5-10-1-3-12(23)4-2-10)16(25)20-8-15(24)22-14(17(26)27)6-11-7-19-9-21-11/h1-4,7,9,13-14,23H,5-6,8,18H2,(H,19,21)(H,20,25)(H,22,24)(H,26,27)/t13-,14-/m0/s1. The van der Waals surface area contributed by atoms with Crippen LogP contribution < -0.4 is 16.4 Å². The highest BCUT2D eigenvalue weighted by molar-refractivity contribution is 5.89. The van der Waals surface area contributed by atoms with Gasteiger partial charge in [-0.05, 0) is 24.1 Å². The Morgan fingerprint density at radius 2 is 1.89 bits per heavy atom. The number of aromatic nitrogens is 2. The molecule has 2 amide bonds. The largest absolute Gasteiger partial charge is 0.508 e.